The molecular formula is C13H16N4O3. The molecule has 0 saturated carbocycles. The summed E-state index contributed by atoms with van der Waals surface area (Å²) in [7, 11) is 1.62. The van der Waals surface area contributed by atoms with Crippen LogP contribution in [0.5, 0.6) is 0 Å². The SMILES string of the molecule is CNC(=O)C1CCCN1c1cc2[nH]c(=O)oc2cc1N. The molecule has 7 heteroatoms. The Morgan fingerprint density at radius 2 is 2.35 bits per heavy atom. The molecule has 1 aromatic carbocycles. The van der Waals surface area contributed by atoms with Crippen molar-refractivity contribution in [1.29, 1.82) is 0 Å². The number of nitrogens with one attached hydrogen (secondary N) is 2. The van der Waals surface area contributed by atoms with Gasteiger partial charge in [0.05, 0.1) is 16.9 Å². The standard InChI is InChI=1S/C13H16N4O3/c1-15-12(18)9-3-2-4-17(9)10-6-8-11(5-7(10)14)20-13(19)16-8/h5-6,9H,2-4,14H2,1H3,(H,15,18)(H,16,19). The predicted molar refractivity (Wildman–Crippen MR) is 75.7 cm³/mol. The van der Waals surface area contributed by atoms with E-state index in [1.165, 1.54) is 0 Å². The number of oxazole rings is 1. The van der Waals surface area contributed by atoms with Crippen LogP contribution in [-0.4, -0.2) is 30.5 Å². The topological polar surface area (TPSA) is 104 Å². The number of anilines is 2. The maximum Gasteiger partial charge on any atom is 0.417 e. The summed E-state index contributed by atoms with van der Waals surface area (Å²) in [5, 5.41) is 2.67. The highest BCUT2D eigenvalue weighted by Crippen LogP contribution is 2.33. The smallest absolute Gasteiger partial charge is 0.408 e. The van der Waals surface area contributed by atoms with Crippen LogP contribution in [0.1, 0.15) is 12.8 Å². The van der Waals surface area contributed by atoms with Crippen LogP contribution in [0.25, 0.3) is 11.1 Å². The molecule has 106 valence electrons. The van der Waals surface area contributed by atoms with Gasteiger partial charge >= 0.3 is 5.76 Å². The summed E-state index contributed by atoms with van der Waals surface area (Å²) in [5.41, 5.74) is 8.29. The van der Waals surface area contributed by atoms with Gasteiger partial charge in [0.2, 0.25) is 5.91 Å². The second-order valence-corrected chi connectivity index (χ2v) is 4.89. The minimum Gasteiger partial charge on any atom is -0.408 e. The van der Waals surface area contributed by atoms with E-state index in [9.17, 15) is 9.59 Å². The average molecular weight is 276 g/mol. The van der Waals surface area contributed by atoms with Gasteiger partial charge in [-0.3, -0.25) is 9.78 Å². The van der Waals surface area contributed by atoms with Gasteiger partial charge < -0.3 is 20.4 Å². The zero-order valence-corrected chi connectivity index (χ0v) is 11.1. The Kier molecular flexibility index (Phi) is 2.89. The zero-order valence-electron chi connectivity index (χ0n) is 11.1. The van der Waals surface area contributed by atoms with Crippen molar-refractivity contribution in [2.75, 3.05) is 24.2 Å². The number of rotatable bonds is 2. The second kappa shape index (κ2) is 4.59. The molecule has 2 aromatic rings. The molecule has 0 aliphatic carbocycles. The number of likely N-dealkylation sites (N-methyl/N-ethyl adjacent to an activating group) is 1. The molecule has 3 rings (SSSR count). The summed E-state index contributed by atoms with van der Waals surface area (Å²) in [5.74, 6) is -0.538. The normalized spacial score (nSPS) is 18.6. The molecule has 7 nitrogen and oxygen atoms in total. The van der Waals surface area contributed by atoms with Crippen LogP contribution in [0.15, 0.2) is 21.3 Å². The van der Waals surface area contributed by atoms with Crippen molar-refractivity contribution in [3.8, 4) is 0 Å². The summed E-state index contributed by atoms with van der Waals surface area (Å²) in [4.78, 5) is 27.7. The average Bonchev–Trinajstić information content (AvgIpc) is 3.01. The van der Waals surface area contributed by atoms with E-state index in [1.807, 2.05) is 4.90 Å². The van der Waals surface area contributed by atoms with Crippen LogP contribution in [0.4, 0.5) is 11.4 Å². The summed E-state index contributed by atoms with van der Waals surface area (Å²) >= 11 is 0. The molecule has 1 fully saturated rings. The molecule has 1 amide bonds. The molecule has 0 radical (unpaired) electrons. The fourth-order valence-electron chi connectivity index (χ4n) is 2.74. The van der Waals surface area contributed by atoms with Gasteiger partial charge in [-0.15, -0.1) is 0 Å². The summed E-state index contributed by atoms with van der Waals surface area (Å²) in [6.07, 6.45) is 1.72. The number of benzene rings is 1. The van der Waals surface area contributed by atoms with Crippen molar-refractivity contribution in [3.63, 3.8) is 0 Å². The van der Waals surface area contributed by atoms with E-state index in [4.69, 9.17) is 10.2 Å². The van der Waals surface area contributed by atoms with E-state index >= 15 is 0 Å². The number of hydrogen-bond donors (Lipinski definition) is 3. The second-order valence-electron chi connectivity index (χ2n) is 4.89. The highest BCUT2D eigenvalue weighted by molar-refractivity contribution is 5.90. The number of hydrogen-bond acceptors (Lipinski definition) is 5. The number of carbonyl (C=O) groups excluding carboxylic acids is 1. The van der Waals surface area contributed by atoms with E-state index < -0.39 is 5.76 Å². The monoisotopic (exact) mass is 276 g/mol. The highest BCUT2D eigenvalue weighted by Gasteiger charge is 2.31. The van der Waals surface area contributed by atoms with Gasteiger partial charge in [-0.25, -0.2) is 4.79 Å². The first-order valence-electron chi connectivity index (χ1n) is 6.50. The Bertz CT molecular complexity index is 718. The summed E-state index contributed by atoms with van der Waals surface area (Å²) in [6, 6.07) is 3.15. The third-order valence-corrected chi connectivity index (χ3v) is 3.68. The lowest BCUT2D eigenvalue weighted by atomic mass is 10.1. The lowest BCUT2D eigenvalue weighted by Gasteiger charge is -2.26. The number of nitrogen functional groups attached to an aromatic ring is 1. The van der Waals surface area contributed by atoms with Gasteiger partial charge in [0.15, 0.2) is 5.58 Å². The number of H-pyrrole nitrogens is 1. The Morgan fingerprint density at radius 3 is 3.10 bits per heavy atom. The van der Waals surface area contributed by atoms with Crippen molar-refractivity contribution in [2.45, 2.75) is 18.9 Å². The van der Waals surface area contributed by atoms with Crippen molar-refractivity contribution >= 4 is 28.4 Å². The number of nitrogens with two attached hydrogens (primary N) is 1. The van der Waals surface area contributed by atoms with Crippen LogP contribution in [0, 0.1) is 0 Å². The van der Waals surface area contributed by atoms with E-state index in [2.05, 4.69) is 10.3 Å². The first kappa shape index (κ1) is 12.6. The van der Waals surface area contributed by atoms with Crippen LogP contribution < -0.4 is 21.7 Å². The van der Waals surface area contributed by atoms with Gasteiger partial charge in [-0.05, 0) is 18.9 Å². The summed E-state index contributed by atoms with van der Waals surface area (Å²) in [6.45, 7) is 0.760. The lowest BCUT2D eigenvalue weighted by molar-refractivity contribution is -0.121. The van der Waals surface area contributed by atoms with Crippen molar-refractivity contribution in [1.82, 2.24) is 10.3 Å². The van der Waals surface area contributed by atoms with Crippen LogP contribution >= 0.6 is 0 Å². The van der Waals surface area contributed by atoms with E-state index in [0.29, 0.717) is 16.8 Å². The molecule has 2 heterocycles. The van der Waals surface area contributed by atoms with Gasteiger partial charge in [-0.1, -0.05) is 0 Å². The number of nitrogens with zero attached hydrogens (tertiary/aromatic N) is 1. The fraction of sp³-hybridized carbons (Fsp3) is 0.385. The van der Waals surface area contributed by atoms with Gasteiger partial charge in [0.25, 0.3) is 0 Å². The minimum absolute atomic E-state index is 0.0253. The van der Waals surface area contributed by atoms with Crippen LogP contribution in [0.3, 0.4) is 0 Å². The highest BCUT2D eigenvalue weighted by atomic mass is 16.4. The Balaban J connectivity index is 2.06. The molecule has 1 atom stereocenters. The minimum atomic E-state index is -0.513. The number of fused-ring (bicyclic) bond motifs is 1. The van der Waals surface area contributed by atoms with E-state index in [-0.39, 0.29) is 11.9 Å². The third-order valence-electron chi connectivity index (χ3n) is 3.68. The Morgan fingerprint density at radius 1 is 1.55 bits per heavy atom. The van der Waals surface area contributed by atoms with Gasteiger partial charge in [0.1, 0.15) is 6.04 Å². The van der Waals surface area contributed by atoms with Crippen LogP contribution in [0.2, 0.25) is 0 Å². The number of amides is 1. The molecule has 0 bridgehead atoms. The summed E-state index contributed by atoms with van der Waals surface area (Å²) < 4.78 is 4.97. The third kappa shape index (κ3) is 1.91. The lowest BCUT2D eigenvalue weighted by Crippen LogP contribution is -2.42. The molecule has 1 saturated heterocycles. The van der Waals surface area contributed by atoms with E-state index in [0.717, 1.165) is 25.1 Å². The maximum atomic E-state index is 11.9. The predicted octanol–water partition coefficient (Wildman–Crippen LogP) is 0.418. The van der Waals surface area contributed by atoms with Crippen molar-refractivity contribution < 1.29 is 9.21 Å². The first-order valence-corrected chi connectivity index (χ1v) is 6.50. The van der Waals surface area contributed by atoms with Crippen molar-refractivity contribution in [2.24, 2.45) is 0 Å². The molecule has 1 unspecified atom stereocenters. The molecule has 1 aliphatic rings. The zero-order chi connectivity index (χ0) is 14.3. The van der Waals surface area contributed by atoms with Crippen LogP contribution in [-0.2, 0) is 4.79 Å². The molecule has 0 spiro atoms. The maximum absolute atomic E-state index is 11.9. The van der Waals surface area contributed by atoms with Gasteiger partial charge in [0, 0.05) is 19.7 Å². The Hall–Kier alpha value is -2.44. The Labute approximate surface area is 114 Å². The van der Waals surface area contributed by atoms with Gasteiger partial charge in [-0.2, -0.15) is 0 Å². The molecular weight excluding hydrogens is 260 g/mol. The largest absolute Gasteiger partial charge is 0.417 e. The molecule has 20 heavy (non-hydrogen) atoms. The van der Waals surface area contributed by atoms with Crippen molar-refractivity contribution in [3.05, 3.63) is 22.7 Å². The number of aromatic amines is 1. The quantitative estimate of drug-likeness (QED) is 0.689. The molecule has 4 N–H and O–H groups in total. The molecule has 1 aromatic heterocycles. The first-order chi connectivity index (χ1) is 9.60. The number of aromatic nitrogens is 1. The molecule has 1 aliphatic heterocycles. The fourth-order valence-corrected chi connectivity index (χ4v) is 2.74. The number of carbonyl (C=O) groups is 1. The van der Waals surface area contributed by atoms with E-state index in [1.54, 1.807) is 19.2 Å².